The lowest BCUT2D eigenvalue weighted by molar-refractivity contribution is 0.318. The molecule has 19 heavy (non-hydrogen) atoms. The number of aryl methyl sites for hydroxylation is 2. The van der Waals surface area contributed by atoms with Crippen LogP contribution < -0.4 is 10.6 Å². The average molecular weight is 264 g/mol. The fraction of sp³-hybridized carbons (Fsp3) is 0.571. The number of anilines is 1. The van der Waals surface area contributed by atoms with Crippen molar-refractivity contribution in [2.24, 2.45) is 10.9 Å². The Bertz CT molecular complexity index is 471. The largest absolute Gasteiger partial charge is 0.409 e. The predicted octanol–water partition coefficient (Wildman–Crippen LogP) is 2.42. The molecule has 1 rings (SSSR count). The fourth-order valence-electron chi connectivity index (χ4n) is 2.30. The SMILES string of the molecule is CCCC(C)N(C)c1cc(C)nc(C)c1/C(N)=N/O. The molecule has 106 valence electrons. The van der Waals surface area contributed by atoms with Crippen molar-refractivity contribution in [1.29, 1.82) is 0 Å². The number of amidine groups is 1. The van der Waals surface area contributed by atoms with E-state index in [0.29, 0.717) is 11.6 Å². The van der Waals surface area contributed by atoms with Gasteiger partial charge in [0.15, 0.2) is 5.84 Å². The molecule has 1 unspecified atom stereocenters. The molecule has 0 saturated carbocycles. The van der Waals surface area contributed by atoms with Gasteiger partial charge in [0, 0.05) is 18.8 Å². The van der Waals surface area contributed by atoms with Crippen molar-refractivity contribution in [2.75, 3.05) is 11.9 Å². The molecular formula is C14H24N4O. The maximum absolute atomic E-state index is 8.95. The third-order valence-electron chi connectivity index (χ3n) is 3.42. The first-order valence-electron chi connectivity index (χ1n) is 6.61. The molecule has 0 fully saturated rings. The van der Waals surface area contributed by atoms with Crippen LogP contribution in [0, 0.1) is 13.8 Å². The highest BCUT2D eigenvalue weighted by atomic mass is 16.4. The summed E-state index contributed by atoms with van der Waals surface area (Å²) < 4.78 is 0. The van der Waals surface area contributed by atoms with E-state index in [0.717, 1.165) is 29.9 Å². The van der Waals surface area contributed by atoms with Gasteiger partial charge in [0.2, 0.25) is 0 Å². The number of aromatic nitrogens is 1. The molecule has 1 aromatic heterocycles. The van der Waals surface area contributed by atoms with E-state index in [2.05, 4.69) is 28.9 Å². The van der Waals surface area contributed by atoms with Crippen LogP contribution in [0.4, 0.5) is 5.69 Å². The van der Waals surface area contributed by atoms with Gasteiger partial charge in [-0.25, -0.2) is 0 Å². The fourth-order valence-corrected chi connectivity index (χ4v) is 2.30. The molecule has 0 spiro atoms. The number of hydrogen-bond donors (Lipinski definition) is 2. The Balaban J connectivity index is 3.32. The molecule has 3 N–H and O–H groups in total. The van der Waals surface area contributed by atoms with E-state index in [-0.39, 0.29) is 5.84 Å². The molecule has 1 heterocycles. The van der Waals surface area contributed by atoms with Gasteiger partial charge in [-0.1, -0.05) is 18.5 Å². The van der Waals surface area contributed by atoms with Crippen LogP contribution in [0.25, 0.3) is 0 Å². The zero-order chi connectivity index (χ0) is 14.6. The summed E-state index contributed by atoms with van der Waals surface area (Å²) in [4.78, 5) is 6.56. The third-order valence-corrected chi connectivity index (χ3v) is 3.42. The minimum Gasteiger partial charge on any atom is -0.409 e. The monoisotopic (exact) mass is 264 g/mol. The zero-order valence-electron chi connectivity index (χ0n) is 12.4. The zero-order valence-corrected chi connectivity index (χ0v) is 12.4. The molecule has 0 saturated heterocycles. The van der Waals surface area contributed by atoms with Gasteiger partial charge in [-0.05, 0) is 33.3 Å². The third kappa shape index (κ3) is 3.36. The van der Waals surface area contributed by atoms with Crippen LogP contribution in [0.1, 0.15) is 43.6 Å². The van der Waals surface area contributed by atoms with Crippen LogP contribution >= 0.6 is 0 Å². The van der Waals surface area contributed by atoms with Gasteiger partial charge >= 0.3 is 0 Å². The quantitative estimate of drug-likeness (QED) is 0.371. The lowest BCUT2D eigenvalue weighted by atomic mass is 10.1. The summed E-state index contributed by atoms with van der Waals surface area (Å²) in [6.07, 6.45) is 2.21. The highest BCUT2D eigenvalue weighted by molar-refractivity contribution is 6.03. The minimum atomic E-state index is 0.107. The first-order valence-corrected chi connectivity index (χ1v) is 6.61. The second-order valence-electron chi connectivity index (χ2n) is 4.98. The first kappa shape index (κ1) is 15.3. The Morgan fingerprint density at radius 2 is 2.16 bits per heavy atom. The van der Waals surface area contributed by atoms with Crippen molar-refractivity contribution in [3.8, 4) is 0 Å². The molecule has 0 aliphatic rings. The van der Waals surface area contributed by atoms with Crippen molar-refractivity contribution in [2.45, 2.75) is 46.6 Å². The minimum absolute atomic E-state index is 0.107. The number of oxime groups is 1. The summed E-state index contributed by atoms with van der Waals surface area (Å²) in [6.45, 7) is 8.16. The lowest BCUT2D eigenvalue weighted by Gasteiger charge is -2.29. The van der Waals surface area contributed by atoms with E-state index < -0.39 is 0 Å². The Morgan fingerprint density at radius 3 is 2.68 bits per heavy atom. The molecule has 0 amide bonds. The van der Waals surface area contributed by atoms with Gasteiger partial charge in [-0.15, -0.1) is 0 Å². The lowest BCUT2D eigenvalue weighted by Crippen LogP contribution is -2.32. The molecule has 0 radical (unpaired) electrons. The van der Waals surface area contributed by atoms with Crippen molar-refractivity contribution in [3.05, 3.63) is 23.0 Å². The van der Waals surface area contributed by atoms with Gasteiger partial charge in [0.1, 0.15) is 0 Å². The summed E-state index contributed by atoms with van der Waals surface area (Å²) >= 11 is 0. The standard InChI is InChI=1S/C14H24N4O/c1-6-7-10(3)18(5)12-8-9(2)16-11(4)13(12)14(15)17-19/h8,10,19H,6-7H2,1-5H3,(H2,15,17). The highest BCUT2D eigenvalue weighted by Crippen LogP contribution is 2.25. The highest BCUT2D eigenvalue weighted by Gasteiger charge is 2.18. The second kappa shape index (κ2) is 6.41. The average Bonchev–Trinajstić information content (AvgIpc) is 2.36. The number of nitrogens with zero attached hydrogens (tertiary/aromatic N) is 3. The topological polar surface area (TPSA) is 74.7 Å². The summed E-state index contributed by atoms with van der Waals surface area (Å²) in [5, 5.41) is 12.1. The van der Waals surface area contributed by atoms with Crippen LogP contribution in [-0.4, -0.2) is 29.1 Å². The summed E-state index contributed by atoms with van der Waals surface area (Å²) in [5.41, 5.74) is 9.16. The Kier molecular flexibility index (Phi) is 5.15. The maximum atomic E-state index is 8.95. The Labute approximate surface area is 115 Å². The predicted molar refractivity (Wildman–Crippen MR) is 79.0 cm³/mol. The Morgan fingerprint density at radius 1 is 1.53 bits per heavy atom. The van der Waals surface area contributed by atoms with E-state index in [4.69, 9.17) is 10.9 Å². The summed E-state index contributed by atoms with van der Waals surface area (Å²) in [5.74, 6) is 0.107. The molecular weight excluding hydrogens is 240 g/mol. The molecule has 0 aliphatic carbocycles. The van der Waals surface area contributed by atoms with Crippen LogP contribution in [0.15, 0.2) is 11.2 Å². The van der Waals surface area contributed by atoms with Crippen molar-refractivity contribution in [3.63, 3.8) is 0 Å². The van der Waals surface area contributed by atoms with Gasteiger partial charge in [-0.3, -0.25) is 4.98 Å². The number of hydrogen-bond acceptors (Lipinski definition) is 4. The molecule has 5 nitrogen and oxygen atoms in total. The van der Waals surface area contributed by atoms with Crippen LogP contribution in [0.5, 0.6) is 0 Å². The molecule has 0 bridgehead atoms. The van der Waals surface area contributed by atoms with E-state index in [9.17, 15) is 0 Å². The number of rotatable bonds is 5. The maximum Gasteiger partial charge on any atom is 0.174 e. The van der Waals surface area contributed by atoms with Crippen molar-refractivity contribution in [1.82, 2.24) is 4.98 Å². The van der Waals surface area contributed by atoms with Crippen LogP contribution in [0.3, 0.4) is 0 Å². The molecule has 1 atom stereocenters. The first-order chi connectivity index (χ1) is 8.92. The second-order valence-corrected chi connectivity index (χ2v) is 4.98. The van der Waals surface area contributed by atoms with Gasteiger partial charge in [0.25, 0.3) is 0 Å². The van der Waals surface area contributed by atoms with Crippen molar-refractivity contribution >= 4 is 11.5 Å². The van der Waals surface area contributed by atoms with Crippen LogP contribution in [0.2, 0.25) is 0 Å². The number of pyridine rings is 1. The Hall–Kier alpha value is -1.78. The van der Waals surface area contributed by atoms with Crippen LogP contribution in [-0.2, 0) is 0 Å². The van der Waals surface area contributed by atoms with E-state index in [1.165, 1.54) is 0 Å². The number of nitrogens with two attached hydrogens (primary N) is 1. The van der Waals surface area contributed by atoms with Gasteiger partial charge in [0.05, 0.1) is 16.9 Å². The van der Waals surface area contributed by atoms with Gasteiger partial charge in [-0.2, -0.15) is 0 Å². The molecule has 0 aliphatic heterocycles. The smallest absolute Gasteiger partial charge is 0.174 e. The summed E-state index contributed by atoms with van der Waals surface area (Å²) in [7, 11) is 2.03. The van der Waals surface area contributed by atoms with E-state index >= 15 is 0 Å². The summed E-state index contributed by atoms with van der Waals surface area (Å²) in [6, 6.07) is 2.36. The molecule has 1 aromatic rings. The molecule has 0 aromatic carbocycles. The van der Waals surface area contributed by atoms with Gasteiger partial charge < -0.3 is 15.8 Å². The normalized spacial score (nSPS) is 13.4. The van der Waals surface area contributed by atoms with E-state index in [1.54, 1.807) is 0 Å². The van der Waals surface area contributed by atoms with E-state index in [1.807, 2.05) is 27.0 Å². The molecule has 5 heteroatoms. The van der Waals surface area contributed by atoms with Crippen molar-refractivity contribution < 1.29 is 5.21 Å².